The summed E-state index contributed by atoms with van der Waals surface area (Å²) < 4.78 is 13.1. The van der Waals surface area contributed by atoms with Crippen LogP contribution in [0.25, 0.3) is 0 Å². The molecule has 0 bridgehead atoms. The fourth-order valence-electron chi connectivity index (χ4n) is 2.88. The van der Waals surface area contributed by atoms with Gasteiger partial charge in [0, 0.05) is 24.2 Å². The van der Waals surface area contributed by atoms with Crippen LogP contribution in [0, 0.1) is 5.82 Å². The molecule has 2 aromatic rings. The second-order valence-electron chi connectivity index (χ2n) is 6.65. The maximum atomic E-state index is 13.1. The summed E-state index contributed by atoms with van der Waals surface area (Å²) in [6.07, 6.45) is 0.900. The molecule has 2 aromatic carbocycles. The Balaban J connectivity index is 1.80. The zero-order chi connectivity index (χ0) is 19.6. The fourth-order valence-corrected chi connectivity index (χ4v) is 2.88. The molecule has 140 valence electrons. The molecule has 1 aliphatic rings. The van der Waals surface area contributed by atoms with E-state index in [0.717, 1.165) is 36.5 Å². The summed E-state index contributed by atoms with van der Waals surface area (Å²) in [7, 11) is 0. The number of anilines is 1. The summed E-state index contributed by atoms with van der Waals surface area (Å²) >= 11 is 0. The van der Waals surface area contributed by atoms with Crippen molar-refractivity contribution in [3.8, 4) is 0 Å². The summed E-state index contributed by atoms with van der Waals surface area (Å²) in [6.45, 7) is 4.12. The minimum absolute atomic E-state index is 0.281. The van der Waals surface area contributed by atoms with Crippen LogP contribution in [0.4, 0.5) is 10.1 Å². The number of carboxylic acids is 1. The number of aliphatic carboxylic acids is 1. The molecule has 0 aliphatic carbocycles. The first-order valence-electron chi connectivity index (χ1n) is 8.53. The highest BCUT2D eigenvalue weighted by Gasteiger charge is 2.37. The summed E-state index contributed by atoms with van der Waals surface area (Å²) in [4.78, 5) is 24.4. The third kappa shape index (κ3) is 3.81. The van der Waals surface area contributed by atoms with E-state index < -0.39 is 23.2 Å². The first-order valence-corrected chi connectivity index (χ1v) is 8.53. The Hall–Kier alpha value is -3.22. The van der Waals surface area contributed by atoms with Crippen molar-refractivity contribution >= 4 is 23.3 Å². The van der Waals surface area contributed by atoms with E-state index in [1.54, 1.807) is 24.3 Å². The Bertz CT molecular complexity index is 894. The van der Waals surface area contributed by atoms with E-state index in [-0.39, 0.29) is 5.56 Å². The number of rotatable bonds is 5. The largest absolute Gasteiger partial charge is 0.479 e. The van der Waals surface area contributed by atoms with Crippen molar-refractivity contribution in [1.29, 1.82) is 0 Å². The first-order chi connectivity index (χ1) is 12.8. The molecule has 1 heterocycles. The third-order valence-electron chi connectivity index (χ3n) is 4.62. The summed E-state index contributed by atoms with van der Waals surface area (Å²) in [5.41, 5.74) is 0.840. The minimum atomic E-state index is -1.68. The molecule has 1 unspecified atom stereocenters. The Morgan fingerprint density at radius 1 is 1.15 bits per heavy atom. The van der Waals surface area contributed by atoms with Crippen LogP contribution in [0.15, 0.2) is 53.6 Å². The lowest BCUT2D eigenvalue weighted by molar-refractivity contribution is -0.144. The van der Waals surface area contributed by atoms with Gasteiger partial charge in [0.15, 0.2) is 5.54 Å². The molecular formula is C20H20FN3O3. The summed E-state index contributed by atoms with van der Waals surface area (Å²) in [5, 5.41) is 18.4. The highest BCUT2D eigenvalue weighted by molar-refractivity contribution is 5.98. The highest BCUT2D eigenvalue weighted by atomic mass is 19.1. The van der Waals surface area contributed by atoms with Gasteiger partial charge in [0.1, 0.15) is 5.82 Å². The standard InChI is InChI=1S/C20H20FN3O3/c1-13-11-12-24(23-13)17-9-3-14(4-10-17)18(25)22-20(2,19(26)27)15-5-7-16(21)8-6-15/h3-10H,11-12H2,1-2H3,(H,22,25)(H,26,27). The zero-order valence-electron chi connectivity index (χ0n) is 15.1. The molecule has 0 saturated heterocycles. The normalized spacial score (nSPS) is 15.8. The predicted molar refractivity (Wildman–Crippen MR) is 100 cm³/mol. The smallest absolute Gasteiger partial charge is 0.333 e. The molecule has 7 heteroatoms. The van der Waals surface area contributed by atoms with Crippen LogP contribution in [0.3, 0.4) is 0 Å². The molecule has 0 radical (unpaired) electrons. The van der Waals surface area contributed by atoms with Crippen LogP contribution in [0.2, 0.25) is 0 Å². The number of amides is 1. The Morgan fingerprint density at radius 2 is 1.78 bits per heavy atom. The van der Waals surface area contributed by atoms with Crippen molar-refractivity contribution in [2.45, 2.75) is 25.8 Å². The zero-order valence-corrected chi connectivity index (χ0v) is 15.1. The molecule has 1 amide bonds. The maximum Gasteiger partial charge on any atom is 0.333 e. The number of hydrogen-bond donors (Lipinski definition) is 2. The molecule has 0 fully saturated rings. The van der Waals surface area contributed by atoms with E-state index in [1.807, 2.05) is 11.9 Å². The van der Waals surface area contributed by atoms with Gasteiger partial charge in [-0.3, -0.25) is 9.80 Å². The van der Waals surface area contributed by atoms with E-state index in [2.05, 4.69) is 10.4 Å². The lowest BCUT2D eigenvalue weighted by Crippen LogP contribution is -2.49. The minimum Gasteiger partial charge on any atom is -0.479 e. The van der Waals surface area contributed by atoms with Crippen molar-refractivity contribution in [3.63, 3.8) is 0 Å². The number of nitrogens with one attached hydrogen (secondary N) is 1. The fraction of sp³-hybridized carbons (Fsp3) is 0.250. The van der Waals surface area contributed by atoms with E-state index in [4.69, 9.17) is 0 Å². The molecule has 27 heavy (non-hydrogen) atoms. The van der Waals surface area contributed by atoms with Crippen LogP contribution in [-0.4, -0.2) is 29.2 Å². The number of carboxylic acid groups (broad SMARTS) is 1. The van der Waals surface area contributed by atoms with Crippen LogP contribution in [0.1, 0.15) is 36.2 Å². The molecule has 6 nitrogen and oxygen atoms in total. The number of hydrazone groups is 1. The first kappa shape index (κ1) is 18.6. The summed E-state index contributed by atoms with van der Waals surface area (Å²) in [5.74, 6) is -2.24. The Morgan fingerprint density at radius 3 is 2.30 bits per heavy atom. The lowest BCUT2D eigenvalue weighted by atomic mass is 9.91. The van der Waals surface area contributed by atoms with Crippen LogP contribution in [0.5, 0.6) is 0 Å². The second kappa shape index (κ2) is 7.19. The number of halogens is 1. The van der Waals surface area contributed by atoms with Gasteiger partial charge in [-0.15, -0.1) is 0 Å². The van der Waals surface area contributed by atoms with Gasteiger partial charge in [0.25, 0.3) is 5.91 Å². The van der Waals surface area contributed by atoms with E-state index >= 15 is 0 Å². The molecule has 0 spiro atoms. The molecule has 2 N–H and O–H groups in total. The number of hydrogen-bond acceptors (Lipinski definition) is 4. The van der Waals surface area contributed by atoms with Crippen molar-refractivity contribution < 1.29 is 19.1 Å². The molecule has 3 rings (SSSR count). The van der Waals surface area contributed by atoms with Gasteiger partial charge < -0.3 is 10.4 Å². The van der Waals surface area contributed by atoms with Gasteiger partial charge in [-0.2, -0.15) is 5.10 Å². The average molecular weight is 369 g/mol. The highest BCUT2D eigenvalue weighted by Crippen LogP contribution is 2.24. The number of carbonyl (C=O) groups is 2. The van der Waals surface area contributed by atoms with Crippen LogP contribution in [-0.2, 0) is 10.3 Å². The van der Waals surface area contributed by atoms with Crippen LogP contribution < -0.4 is 10.3 Å². The SMILES string of the molecule is CC1=NN(c2ccc(C(=O)NC(C)(C(=O)O)c3ccc(F)cc3)cc2)CC1. The van der Waals surface area contributed by atoms with Crippen molar-refractivity contribution in [1.82, 2.24) is 5.32 Å². The molecule has 1 aliphatic heterocycles. The molecular weight excluding hydrogens is 349 g/mol. The number of nitrogens with zero attached hydrogens (tertiary/aromatic N) is 2. The number of carbonyl (C=O) groups excluding carboxylic acids is 1. The lowest BCUT2D eigenvalue weighted by Gasteiger charge is -2.27. The Kier molecular flexibility index (Phi) is 4.94. The molecule has 1 atom stereocenters. The van der Waals surface area contributed by atoms with Crippen LogP contribution >= 0.6 is 0 Å². The quantitative estimate of drug-likeness (QED) is 0.848. The van der Waals surface area contributed by atoms with E-state index in [9.17, 15) is 19.1 Å². The predicted octanol–water partition coefficient (Wildman–Crippen LogP) is 3.14. The van der Waals surface area contributed by atoms with Gasteiger partial charge in [-0.05, 0) is 55.8 Å². The van der Waals surface area contributed by atoms with Crippen molar-refractivity contribution in [3.05, 3.63) is 65.5 Å². The van der Waals surface area contributed by atoms with E-state index in [1.165, 1.54) is 19.1 Å². The van der Waals surface area contributed by atoms with Crippen molar-refractivity contribution in [2.75, 3.05) is 11.6 Å². The van der Waals surface area contributed by atoms with Gasteiger partial charge in [0.05, 0.1) is 5.69 Å². The monoisotopic (exact) mass is 369 g/mol. The molecule has 0 saturated carbocycles. The average Bonchev–Trinajstić information content (AvgIpc) is 3.08. The maximum absolute atomic E-state index is 13.1. The third-order valence-corrected chi connectivity index (χ3v) is 4.62. The Labute approximate surface area is 156 Å². The second-order valence-corrected chi connectivity index (χ2v) is 6.65. The number of benzene rings is 2. The van der Waals surface area contributed by atoms with E-state index in [0.29, 0.717) is 5.56 Å². The van der Waals surface area contributed by atoms with Gasteiger partial charge >= 0.3 is 5.97 Å². The summed E-state index contributed by atoms with van der Waals surface area (Å²) in [6, 6.07) is 11.8. The van der Waals surface area contributed by atoms with Crippen molar-refractivity contribution in [2.24, 2.45) is 5.10 Å². The van der Waals surface area contributed by atoms with Gasteiger partial charge in [0.2, 0.25) is 0 Å². The van der Waals surface area contributed by atoms with Gasteiger partial charge in [-0.25, -0.2) is 9.18 Å². The topological polar surface area (TPSA) is 82.0 Å². The van der Waals surface area contributed by atoms with Gasteiger partial charge in [-0.1, -0.05) is 12.1 Å². The molecule has 0 aromatic heterocycles.